The SMILES string of the molecule is c1ccc2c(c1)CCCC2CNC1CC2CCC1C2. The monoisotopic (exact) mass is 255 g/mol. The summed E-state index contributed by atoms with van der Waals surface area (Å²) in [6.07, 6.45) is 10.0. The van der Waals surface area contributed by atoms with Gasteiger partial charge in [0.1, 0.15) is 0 Å². The van der Waals surface area contributed by atoms with Gasteiger partial charge in [-0.25, -0.2) is 0 Å². The minimum absolute atomic E-state index is 0.768. The van der Waals surface area contributed by atoms with Gasteiger partial charge in [0.25, 0.3) is 0 Å². The van der Waals surface area contributed by atoms with Crippen molar-refractivity contribution in [3.05, 3.63) is 35.4 Å². The maximum absolute atomic E-state index is 3.92. The lowest BCUT2D eigenvalue weighted by Crippen LogP contribution is -2.37. The molecule has 4 rings (SSSR count). The highest BCUT2D eigenvalue weighted by atomic mass is 14.9. The van der Waals surface area contributed by atoms with E-state index in [0.717, 1.165) is 23.8 Å². The molecule has 19 heavy (non-hydrogen) atoms. The van der Waals surface area contributed by atoms with Crippen LogP contribution in [0, 0.1) is 11.8 Å². The van der Waals surface area contributed by atoms with Gasteiger partial charge in [0.05, 0.1) is 0 Å². The minimum Gasteiger partial charge on any atom is -0.313 e. The summed E-state index contributed by atoms with van der Waals surface area (Å²) in [5.74, 6) is 2.83. The van der Waals surface area contributed by atoms with Crippen molar-refractivity contribution in [2.24, 2.45) is 11.8 Å². The minimum atomic E-state index is 0.768. The quantitative estimate of drug-likeness (QED) is 0.864. The Bertz CT molecular complexity index is 453. The van der Waals surface area contributed by atoms with Crippen LogP contribution in [-0.2, 0) is 6.42 Å². The van der Waals surface area contributed by atoms with Gasteiger partial charge in [0, 0.05) is 12.6 Å². The van der Waals surface area contributed by atoms with E-state index in [4.69, 9.17) is 0 Å². The summed E-state index contributed by atoms with van der Waals surface area (Å²) in [5, 5.41) is 3.92. The smallest absolute Gasteiger partial charge is 0.00983 e. The fourth-order valence-corrected chi connectivity index (χ4v) is 4.85. The largest absolute Gasteiger partial charge is 0.313 e. The fourth-order valence-electron chi connectivity index (χ4n) is 4.85. The van der Waals surface area contributed by atoms with Crippen LogP contribution in [0.3, 0.4) is 0 Å². The van der Waals surface area contributed by atoms with E-state index in [2.05, 4.69) is 29.6 Å². The maximum Gasteiger partial charge on any atom is 0.00983 e. The Morgan fingerprint density at radius 1 is 1.05 bits per heavy atom. The molecule has 3 aliphatic rings. The Kier molecular flexibility index (Phi) is 3.11. The lowest BCUT2D eigenvalue weighted by Gasteiger charge is -2.29. The molecule has 0 spiro atoms. The van der Waals surface area contributed by atoms with Gasteiger partial charge in [-0.15, -0.1) is 0 Å². The zero-order chi connectivity index (χ0) is 12.7. The van der Waals surface area contributed by atoms with Crippen molar-refractivity contribution in [1.82, 2.24) is 5.32 Å². The number of nitrogens with one attached hydrogen (secondary N) is 1. The van der Waals surface area contributed by atoms with Gasteiger partial charge in [-0.2, -0.15) is 0 Å². The Labute approximate surface area is 116 Å². The molecule has 1 aromatic rings. The molecule has 2 bridgehead atoms. The number of aryl methyl sites for hydroxylation is 1. The molecule has 2 fully saturated rings. The Morgan fingerprint density at radius 3 is 2.84 bits per heavy atom. The predicted octanol–water partition coefficient (Wildman–Crippen LogP) is 3.88. The first-order chi connectivity index (χ1) is 9.40. The standard InChI is InChI=1S/C18H25N/c1-2-7-17-14(4-1)5-3-6-16(17)12-19-18-11-13-8-9-15(18)10-13/h1-2,4,7,13,15-16,18-19H,3,5-6,8-12H2. The van der Waals surface area contributed by atoms with Crippen LogP contribution < -0.4 is 5.32 Å². The lowest BCUT2D eigenvalue weighted by atomic mass is 9.82. The summed E-state index contributed by atoms with van der Waals surface area (Å²) in [7, 11) is 0. The van der Waals surface area contributed by atoms with Gasteiger partial charge < -0.3 is 5.32 Å². The van der Waals surface area contributed by atoms with Crippen LogP contribution in [0.4, 0.5) is 0 Å². The molecule has 4 unspecified atom stereocenters. The Balaban J connectivity index is 1.41. The van der Waals surface area contributed by atoms with Crippen LogP contribution in [0.25, 0.3) is 0 Å². The second kappa shape index (κ2) is 4.94. The molecule has 0 amide bonds. The van der Waals surface area contributed by atoms with E-state index >= 15 is 0 Å². The third kappa shape index (κ3) is 2.23. The van der Waals surface area contributed by atoms with Crippen molar-refractivity contribution in [2.75, 3.05) is 6.54 Å². The number of fused-ring (bicyclic) bond motifs is 3. The van der Waals surface area contributed by atoms with E-state index in [-0.39, 0.29) is 0 Å². The lowest BCUT2D eigenvalue weighted by molar-refractivity contribution is 0.338. The summed E-state index contributed by atoms with van der Waals surface area (Å²) < 4.78 is 0. The molecule has 2 saturated carbocycles. The molecule has 0 aromatic heterocycles. The second-order valence-corrected chi connectivity index (χ2v) is 6.98. The van der Waals surface area contributed by atoms with E-state index in [9.17, 15) is 0 Å². The van der Waals surface area contributed by atoms with E-state index in [1.807, 2.05) is 0 Å². The molecular formula is C18H25N. The van der Waals surface area contributed by atoms with Crippen LogP contribution in [-0.4, -0.2) is 12.6 Å². The van der Waals surface area contributed by atoms with E-state index < -0.39 is 0 Å². The zero-order valence-electron chi connectivity index (χ0n) is 11.8. The highest BCUT2D eigenvalue weighted by molar-refractivity contribution is 5.32. The van der Waals surface area contributed by atoms with Crippen molar-refractivity contribution < 1.29 is 0 Å². The van der Waals surface area contributed by atoms with Crippen molar-refractivity contribution in [3.8, 4) is 0 Å². The topological polar surface area (TPSA) is 12.0 Å². The van der Waals surface area contributed by atoms with E-state index in [0.29, 0.717) is 0 Å². The van der Waals surface area contributed by atoms with Gasteiger partial charge in [0.2, 0.25) is 0 Å². The number of hydrogen-bond donors (Lipinski definition) is 1. The average Bonchev–Trinajstić information content (AvgIpc) is 3.07. The molecule has 0 radical (unpaired) electrons. The summed E-state index contributed by atoms with van der Waals surface area (Å²) in [6.45, 7) is 1.21. The summed E-state index contributed by atoms with van der Waals surface area (Å²) in [6, 6.07) is 9.95. The molecule has 3 aliphatic carbocycles. The van der Waals surface area contributed by atoms with E-state index in [1.54, 1.807) is 11.1 Å². The van der Waals surface area contributed by atoms with Crippen LogP contribution in [0.2, 0.25) is 0 Å². The normalized spacial score (nSPS) is 36.4. The van der Waals surface area contributed by atoms with Crippen LogP contribution in [0.5, 0.6) is 0 Å². The third-order valence-corrected chi connectivity index (χ3v) is 5.86. The van der Waals surface area contributed by atoms with Crippen molar-refractivity contribution in [1.29, 1.82) is 0 Å². The summed E-state index contributed by atoms with van der Waals surface area (Å²) in [5.41, 5.74) is 3.23. The highest BCUT2D eigenvalue weighted by Gasteiger charge is 2.39. The molecule has 4 atom stereocenters. The predicted molar refractivity (Wildman–Crippen MR) is 79.4 cm³/mol. The van der Waals surface area contributed by atoms with Gasteiger partial charge in [-0.1, -0.05) is 30.7 Å². The van der Waals surface area contributed by atoms with Crippen molar-refractivity contribution in [2.45, 2.75) is 56.9 Å². The number of rotatable bonds is 3. The van der Waals surface area contributed by atoms with Gasteiger partial charge in [-0.3, -0.25) is 0 Å². The van der Waals surface area contributed by atoms with E-state index in [1.165, 1.54) is 51.5 Å². The third-order valence-electron chi connectivity index (χ3n) is 5.86. The van der Waals surface area contributed by atoms with Crippen LogP contribution in [0.15, 0.2) is 24.3 Å². The molecule has 1 nitrogen and oxygen atoms in total. The van der Waals surface area contributed by atoms with Crippen LogP contribution in [0.1, 0.15) is 55.6 Å². The molecule has 0 aliphatic heterocycles. The summed E-state index contributed by atoms with van der Waals surface area (Å²) >= 11 is 0. The molecule has 102 valence electrons. The highest BCUT2D eigenvalue weighted by Crippen LogP contribution is 2.44. The molecule has 0 saturated heterocycles. The Hall–Kier alpha value is -0.820. The zero-order valence-corrected chi connectivity index (χ0v) is 11.8. The number of benzene rings is 1. The van der Waals surface area contributed by atoms with Gasteiger partial charge in [0.15, 0.2) is 0 Å². The van der Waals surface area contributed by atoms with Crippen molar-refractivity contribution >= 4 is 0 Å². The van der Waals surface area contributed by atoms with Crippen LogP contribution >= 0.6 is 0 Å². The van der Waals surface area contributed by atoms with Gasteiger partial charge in [-0.05, 0) is 67.4 Å². The first-order valence-electron chi connectivity index (χ1n) is 8.21. The average molecular weight is 255 g/mol. The molecule has 1 heteroatoms. The first kappa shape index (κ1) is 12.0. The Morgan fingerprint density at radius 2 is 2.00 bits per heavy atom. The van der Waals surface area contributed by atoms with Crippen molar-refractivity contribution in [3.63, 3.8) is 0 Å². The maximum atomic E-state index is 3.92. The second-order valence-electron chi connectivity index (χ2n) is 6.98. The molecule has 0 heterocycles. The van der Waals surface area contributed by atoms with Gasteiger partial charge >= 0.3 is 0 Å². The molecular weight excluding hydrogens is 230 g/mol. The first-order valence-corrected chi connectivity index (χ1v) is 8.21. The molecule has 1 N–H and O–H groups in total. The fraction of sp³-hybridized carbons (Fsp3) is 0.667. The number of hydrogen-bond acceptors (Lipinski definition) is 1. The summed E-state index contributed by atoms with van der Waals surface area (Å²) in [4.78, 5) is 0. The molecule has 1 aromatic carbocycles.